The third kappa shape index (κ3) is 3.97. The van der Waals surface area contributed by atoms with Crippen LogP contribution in [0.5, 0.6) is 11.5 Å². The highest BCUT2D eigenvalue weighted by Crippen LogP contribution is 2.36. The Labute approximate surface area is 144 Å². The molecule has 124 valence electrons. The molecule has 0 aliphatic rings. The average Bonchev–Trinajstić information content (AvgIpc) is 2.96. The first-order valence-electron chi connectivity index (χ1n) is 7.17. The largest absolute Gasteiger partial charge is 0.493 e. The fourth-order valence-corrected chi connectivity index (χ4v) is 2.70. The van der Waals surface area contributed by atoms with Crippen molar-refractivity contribution >= 4 is 29.6 Å². The second-order valence-corrected chi connectivity index (χ2v) is 5.66. The minimum atomic E-state index is 0.484. The standard InChI is InChI=1S/C15H19ClN4O2S/c1-5-13-18-19-15(23-4)20(13)17-9-10-7-11(16)14(22-6-2)12(8-10)21-3/h7-9H,5-6H2,1-4H3/b17-9-. The Balaban J connectivity index is 2.37. The summed E-state index contributed by atoms with van der Waals surface area (Å²) in [5.74, 6) is 1.91. The highest BCUT2D eigenvalue weighted by Gasteiger charge is 2.12. The highest BCUT2D eigenvalue weighted by molar-refractivity contribution is 7.98. The van der Waals surface area contributed by atoms with Crippen LogP contribution in [-0.2, 0) is 6.42 Å². The third-order valence-electron chi connectivity index (χ3n) is 3.04. The minimum absolute atomic E-state index is 0.484. The summed E-state index contributed by atoms with van der Waals surface area (Å²) in [5.41, 5.74) is 0.804. The summed E-state index contributed by atoms with van der Waals surface area (Å²) in [7, 11) is 1.58. The molecule has 2 aromatic rings. The van der Waals surface area contributed by atoms with Crippen LogP contribution in [0.15, 0.2) is 22.4 Å². The third-order valence-corrected chi connectivity index (χ3v) is 3.94. The number of thioether (sulfide) groups is 1. The van der Waals surface area contributed by atoms with Crippen LogP contribution < -0.4 is 9.47 Å². The van der Waals surface area contributed by atoms with Crippen molar-refractivity contribution in [1.82, 2.24) is 14.9 Å². The molecule has 0 radical (unpaired) electrons. The van der Waals surface area contributed by atoms with Gasteiger partial charge in [0.2, 0.25) is 5.16 Å². The van der Waals surface area contributed by atoms with Gasteiger partial charge in [-0.1, -0.05) is 30.3 Å². The van der Waals surface area contributed by atoms with Crippen LogP contribution in [0.4, 0.5) is 0 Å². The zero-order valence-corrected chi connectivity index (χ0v) is 15.1. The molecular formula is C15H19ClN4O2S. The van der Waals surface area contributed by atoms with Crippen LogP contribution in [0.1, 0.15) is 25.2 Å². The maximum absolute atomic E-state index is 6.27. The van der Waals surface area contributed by atoms with Crippen molar-refractivity contribution in [1.29, 1.82) is 0 Å². The fraction of sp³-hybridized carbons (Fsp3) is 0.400. The molecule has 1 aromatic heterocycles. The fourth-order valence-electron chi connectivity index (χ4n) is 1.98. The Morgan fingerprint density at radius 2 is 2.13 bits per heavy atom. The van der Waals surface area contributed by atoms with E-state index in [9.17, 15) is 0 Å². The van der Waals surface area contributed by atoms with Gasteiger partial charge in [0.1, 0.15) is 0 Å². The van der Waals surface area contributed by atoms with Gasteiger partial charge in [-0.3, -0.25) is 0 Å². The van der Waals surface area contributed by atoms with E-state index in [1.165, 1.54) is 11.8 Å². The number of benzene rings is 1. The molecule has 0 atom stereocenters. The molecule has 0 fully saturated rings. The summed E-state index contributed by atoms with van der Waals surface area (Å²) < 4.78 is 12.6. The summed E-state index contributed by atoms with van der Waals surface area (Å²) in [5, 5.41) is 13.9. The Bertz CT molecular complexity index is 682. The van der Waals surface area contributed by atoms with Crippen molar-refractivity contribution in [2.75, 3.05) is 20.0 Å². The van der Waals surface area contributed by atoms with Crippen LogP contribution >= 0.6 is 23.4 Å². The van der Waals surface area contributed by atoms with E-state index in [0.29, 0.717) is 23.1 Å². The summed E-state index contributed by atoms with van der Waals surface area (Å²) in [6.07, 6.45) is 4.39. The van der Waals surface area contributed by atoms with Gasteiger partial charge in [0.05, 0.1) is 25.0 Å². The minimum Gasteiger partial charge on any atom is -0.493 e. The van der Waals surface area contributed by atoms with Crippen molar-refractivity contribution in [3.63, 3.8) is 0 Å². The molecule has 1 aromatic carbocycles. The molecule has 0 bridgehead atoms. The molecule has 23 heavy (non-hydrogen) atoms. The van der Waals surface area contributed by atoms with Gasteiger partial charge < -0.3 is 9.47 Å². The van der Waals surface area contributed by atoms with E-state index < -0.39 is 0 Å². The lowest BCUT2D eigenvalue weighted by Gasteiger charge is -2.11. The van der Waals surface area contributed by atoms with Crippen molar-refractivity contribution in [3.05, 3.63) is 28.5 Å². The first kappa shape index (κ1) is 17.6. The van der Waals surface area contributed by atoms with Gasteiger partial charge in [-0.05, 0) is 30.9 Å². The van der Waals surface area contributed by atoms with E-state index in [-0.39, 0.29) is 0 Å². The molecule has 8 heteroatoms. The Hall–Kier alpha value is -1.73. The van der Waals surface area contributed by atoms with Crippen LogP contribution in [0.3, 0.4) is 0 Å². The number of hydrogen-bond donors (Lipinski definition) is 0. The number of methoxy groups -OCH3 is 1. The van der Waals surface area contributed by atoms with Crippen molar-refractivity contribution in [2.24, 2.45) is 5.10 Å². The van der Waals surface area contributed by atoms with E-state index in [1.54, 1.807) is 24.1 Å². The van der Waals surface area contributed by atoms with E-state index in [0.717, 1.165) is 23.0 Å². The average molecular weight is 355 g/mol. The van der Waals surface area contributed by atoms with Crippen molar-refractivity contribution in [2.45, 2.75) is 25.4 Å². The number of halogens is 1. The summed E-state index contributed by atoms with van der Waals surface area (Å²) in [4.78, 5) is 0. The lowest BCUT2D eigenvalue weighted by Crippen LogP contribution is -2.00. The van der Waals surface area contributed by atoms with Crippen LogP contribution in [-0.4, -0.2) is 41.1 Å². The molecule has 1 heterocycles. The predicted molar refractivity (Wildman–Crippen MR) is 93.3 cm³/mol. The zero-order chi connectivity index (χ0) is 16.8. The Morgan fingerprint density at radius 1 is 1.35 bits per heavy atom. The number of aryl methyl sites for hydroxylation is 1. The van der Waals surface area contributed by atoms with E-state index in [1.807, 2.05) is 26.2 Å². The lowest BCUT2D eigenvalue weighted by atomic mass is 10.2. The summed E-state index contributed by atoms with van der Waals surface area (Å²) >= 11 is 7.76. The second kappa shape index (κ2) is 8.21. The maximum Gasteiger partial charge on any atom is 0.211 e. The van der Waals surface area contributed by atoms with Gasteiger partial charge >= 0.3 is 0 Å². The first-order valence-corrected chi connectivity index (χ1v) is 8.77. The predicted octanol–water partition coefficient (Wildman–Crippen LogP) is 3.51. The van der Waals surface area contributed by atoms with Crippen LogP contribution in [0, 0.1) is 0 Å². The molecule has 0 amide bonds. The monoisotopic (exact) mass is 354 g/mol. The number of nitrogens with zero attached hydrogens (tertiary/aromatic N) is 4. The molecule has 0 aliphatic heterocycles. The first-order chi connectivity index (χ1) is 11.1. The van der Waals surface area contributed by atoms with Crippen LogP contribution in [0.2, 0.25) is 5.02 Å². The lowest BCUT2D eigenvalue weighted by molar-refractivity contribution is 0.311. The molecule has 0 aliphatic carbocycles. The summed E-state index contributed by atoms with van der Waals surface area (Å²) in [6.45, 7) is 4.42. The molecule has 0 unspecified atom stereocenters. The quantitative estimate of drug-likeness (QED) is 0.562. The van der Waals surface area contributed by atoms with Gasteiger partial charge in [-0.15, -0.1) is 10.2 Å². The second-order valence-electron chi connectivity index (χ2n) is 4.48. The van der Waals surface area contributed by atoms with Crippen LogP contribution in [0.25, 0.3) is 0 Å². The van der Waals surface area contributed by atoms with E-state index in [2.05, 4.69) is 15.3 Å². The molecule has 0 saturated carbocycles. The van der Waals surface area contributed by atoms with Gasteiger partial charge in [0, 0.05) is 6.42 Å². The smallest absolute Gasteiger partial charge is 0.211 e. The van der Waals surface area contributed by atoms with E-state index >= 15 is 0 Å². The van der Waals surface area contributed by atoms with Gasteiger partial charge in [0.25, 0.3) is 0 Å². The summed E-state index contributed by atoms with van der Waals surface area (Å²) in [6, 6.07) is 3.61. The molecule has 0 spiro atoms. The molecule has 0 saturated heterocycles. The molecule has 6 nitrogen and oxygen atoms in total. The zero-order valence-electron chi connectivity index (χ0n) is 13.5. The molecule has 0 N–H and O–H groups in total. The topological polar surface area (TPSA) is 61.5 Å². The Kier molecular flexibility index (Phi) is 6.29. The Morgan fingerprint density at radius 3 is 2.74 bits per heavy atom. The number of ether oxygens (including phenoxy) is 2. The maximum atomic E-state index is 6.27. The van der Waals surface area contributed by atoms with Gasteiger partial charge in [-0.2, -0.15) is 9.78 Å². The molecule has 2 rings (SSSR count). The van der Waals surface area contributed by atoms with Gasteiger partial charge in [0.15, 0.2) is 17.3 Å². The number of aromatic nitrogens is 3. The van der Waals surface area contributed by atoms with Crippen molar-refractivity contribution < 1.29 is 9.47 Å². The number of hydrogen-bond acceptors (Lipinski definition) is 6. The number of rotatable bonds is 7. The molecular weight excluding hydrogens is 336 g/mol. The van der Waals surface area contributed by atoms with Gasteiger partial charge in [-0.25, -0.2) is 0 Å². The normalized spacial score (nSPS) is 11.2. The van der Waals surface area contributed by atoms with Crippen molar-refractivity contribution in [3.8, 4) is 11.5 Å². The van der Waals surface area contributed by atoms with E-state index in [4.69, 9.17) is 21.1 Å². The highest BCUT2D eigenvalue weighted by atomic mass is 35.5. The SMILES string of the molecule is CCOc1c(Cl)cc(/C=N\n2c(CC)nnc2SC)cc1OC.